The van der Waals surface area contributed by atoms with E-state index in [1.165, 1.54) is 0 Å². The van der Waals surface area contributed by atoms with Gasteiger partial charge in [-0.3, -0.25) is 14.4 Å². The largest absolute Gasteiger partial charge is 0.483 e. The summed E-state index contributed by atoms with van der Waals surface area (Å²) >= 11 is 6.02. The highest BCUT2D eigenvalue weighted by Gasteiger charge is 2.38. The Kier molecular flexibility index (Phi) is 8.41. The van der Waals surface area contributed by atoms with E-state index in [9.17, 15) is 9.59 Å². The van der Waals surface area contributed by atoms with E-state index in [4.69, 9.17) is 21.5 Å². The van der Waals surface area contributed by atoms with Gasteiger partial charge in [-0.25, -0.2) is 0 Å². The van der Waals surface area contributed by atoms with Gasteiger partial charge in [0.25, 0.3) is 6.47 Å². The molecule has 1 N–H and O–H groups in total. The first-order valence-electron chi connectivity index (χ1n) is 8.24. The second-order valence-corrected chi connectivity index (χ2v) is 6.69. The van der Waals surface area contributed by atoms with Gasteiger partial charge in [-0.05, 0) is 37.0 Å². The Hall–Kier alpha value is -2.08. The average molecular weight is 369 g/mol. The van der Waals surface area contributed by atoms with Crippen LogP contribution in [0.1, 0.15) is 32.8 Å². The normalized spacial score (nSPS) is 17.4. The molecule has 1 fully saturated rings. The van der Waals surface area contributed by atoms with Crippen LogP contribution >= 0.6 is 11.6 Å². The maximum Gasteiger partial charge on any atom is 0.290 e. The fourth-order valence-electron chi connectivity index (χ4n) is 2.82. The molecule has 6 nitrogen and oxygen atoms in total. The molecular weight excluding hydrogens is 344 g/mol. The van der Waals surface area contributed by atoms with Gasteiger partial charge in [0, 0.05) is 18.1 Å². The Morgan fingerprint density at radius 1 is 1.36 bits per heavy atom. The molecule has 2 rings (SSSR count). The minimum atomic E-state index is -0.375. The van der Waals surface area contributed by atoms with E-state index in [0.29, 0.717) is 30.5 Å². The highest BCUT2D eigenvalue weighted by molar-refractivity contribution is 6.30. The molecule has 1 atom stereocenters. The molecule has 2 amide bonds. The van der Waals surface area contributed by atoms with Crippen molar-refractivity contribution in [3.8, 4) is 0 Å². The number of hydrogen-bond acceptors (Lipinski definition) is 3. The molecule has 138 valence electrons. The minimum absolute atomic E-state index is 0.00655. The summed E-state index contributed by atoms with van der Waals surface area (Å²) in [6.07, 6.45) is 0.682. The average Bonchev–Trinajstić information content (AvgIpc) is 2.54. The third kappa shape index (κ3) is 6.05. The molecule has 1 saturated heterocycles. The highest BCUT2D eigenvalue weighted by Crippen LogP contribution is 2.22. The van der Waals surface area contributed by atoms with Gasteiger partial charge in [0.05, 0.1) is 6.54 Å². The molecule has 7 heteroatoms. The fourth-order valence-corrected chi connectivity index (χ4v) is 3.04. The molecule has 0 bridgehead atoms. The van der Waals surface area contributed by atoms with Gasteiger partial charge in [0.2, 0.25) is 11.8 Å². The Balaban J connectivity index is 0.000000970. The van der Waals surface area contributed by atoms with Crippen LogP contribution in [0.2, 0.25) is 5.02 Å². The van der Waals surface area contributed by atoms with E-state index < -0.39 is 0 Å². The predicted octanol–water partition coefficient (Wildman–Crippen LogP) is 2.65. The van der Waals surface area contributed by atoms with Crippen molar-refractivity contribution in [3.63, 3.8) is 0 Å². The lowest BCUT2D eigenvalue weighted by Crippen LogP contribution is -2.59. The Morgan fingerprint density at radius 3 is 2.52 bits per heavy atom. The van der Waals surface area contributed by atoms with Crippen molar-refractivity contribution in [2.24, 2.45) is 5.92 Å². The highest BCUT2D eigenvalue weighted by atomic mass is 35.5. The molecule has 1 aliphatic heterocycles. The van der Waals surface area contributed by atoms with Gasteiger partial charge in [0.1, 0.15) is 6.04 Å². The summed E-state index contributed by atoms with van der Waals surface area (Å²) in [7, 11) is 0. The van der Waals surface area contributed by atoms with E-state index in [2.05, 4.69) is 13.8 Å². The number of rotatable bonds is 5. The second kappa shape index (κ2) is 10.0. The van der Waals surface area contributed by atoms with Crippen molar-refractivity contribution in [2.45, 2.75) is 39.8 Å². The smallest absolute Gasteiger partial charge is 0.290 e. The number of hydrogen-bond donors (Lipinski definition) is 1. The number of piperazine rings is 1. The van der Waals surface area contributed by atoms with Gasteiger partial charge < -0.3 is 14.9 Å². The maximum absolute atomic E-state index is 12.6. The van der Waals surface area contributed by atoms with Gasteiger partial charge >= 0.3 is 0 Å². The van der Waals surface area contributed by atoms with Crippen LogP contribution in [0.3, 0.4) is 0 Å². The van der Waals surface area contributed by atoms with Gasteiger partial charge in [-0.15, -0.1) is 0 Å². The standard InChI is InChI=1S/C17H23ClN2O2.CH2O2/c1-4-19-11-16(21)20(15(17(19)22)8-12(2)3)10-13-6-5-7-14(18)9-13;2-1-3/h5-7,9,12,15H,4,8,10-11H2,1-3H3;1H,(H,2,3)/t15-;/m0./s1. The number of amides is 2. The molecule has 1 heterocycles. The SMILES string of the molecule is CCN1CC(=O)N(Cc2cccc(Cl)c2)[C@@H](CC(C)C)C1=O.O=CO. The van der Waals surface area contributed by atoms with Crippen LogP contribution < -0.4 is 0 Å². The summed E-state index contributed by atoms with van der Waals surface area (Å²) in [6.45, 7) is 6.97. The first-order chi connectivity index (χ1) is 11.8. The topological polar surface area (TPSA) is 77.9 Å². The van der Waals surface area contributed by atoms with Gasteiger partial charge in [-0.2, -0.15) is 0 Å². The maximum atomic E-state index is 12.6. The third-order valence-electron chi connectivity index (χ3n) is 3.94. The van der Waals surface area contributed by atoms with Crippen molar-refractivity contribution in [1.82, 2.24) is 9.80 Å². The lowest BCUT2D eigenvalue weighted by molar-refractivity contribution is -0.157. The molecule has 0 unspecified atom stereocenters. The van der Waals surface area contributed by atoms with Crippen molar-refractivity contribution < 1.29 is 19.5 Å². The van der Waals surface area contributed by atoms with Crippen molar-refractivity contribution in [1.29, 1.82) is 0 Å². The van der Waals surface area contributed by atoms with E-state index in [1.54, 1.807) is 15.9 Å². The van der Waals surface area contributed by atoms with E-state index in [-0.39, 0.29) is 30.9 Å². The van der Waals surface area contributed by atoms with Gasteiger partial charge in [-0.1, -0.05) is 37.6 Å². The summed E-state index contributed by atoms with van der Waals surface area (Å²) in [5.74, 6) is 0.408. The molecule has 0 saturated carbocycles. The fraction of sp³-hybridized carbons (Fsp3) is 0.500. The zero-order valence-electron chi connectivity index (χ0n) is 14.8. The molecule has 1 aliphatic rings. The molecule has 0 spiro atoms. The van der Waals surface area contributed by atoms with Crippen LogP contribution in [0.5, 0.6) is 0 Å². The zero-order chi connectivity index (χ0) is 19.0. The van der Waals surface area contributed by atoms with Crippen LogP contribution in [-0.2, 0) is 20.9 Å². The Labute approximate surface area is 153 Å². The van der Waals surface area contributed by atoms with Crippen LogP contribution in [0.15, 0.2) is 24.3 Å². The van der Waals surface area contributed by atoms with Crippen LogP contribution in [0.4, 0.5) is 0 Å². The van der Waals surface area contributed by atoms with Crippen molar-refractivity contribution in [3.05, 3.63) is 34.9 Å². The predicted molar refractivity (Wildman–Crippen MR) is 96.2 cm³/mol. The number of carbonyl (C=O) groups is 3. The summed E-state index contributed by atoms with van der Waals surface area (Å²) in [6, 6.07) is 7.07. The summed E-state index contributed by atoms with van der Waals surface area (Å²) < 4.78 is 0. The Bertz CT molecular complexity index is 606. The molecule has 0 radical (unpaired) electrons. The van der Waals surface area contributed by atoms with Gasteiger partial charge in [0.15, 0.2) is 0 Å². The lowest BCUT2D eigenvalue weighted by atomic mass is 9.98. The van der Waals surface area contributed by atoms with Crippen molar-refractivity contribution >= 4 is 29.9 Å². The third-order valence-corrected chi connectivity index (χ3v) is 4.17. The van der Waals surface area contributed by atoms with Crippen molar-refractivity contribution in [2.75, 3.05) is 13.1 Å². The second-order valence-electron chi connectivity index (χ2n) is 6.25. The lowest BCUT2D eigenvalue weighted by Gasteiger charge is -2.40. The summed E-state index contributed by atoms with van der Waals surface area (Å²) in [5, 5.41) is 7.53. The monoisotopic (exact) mass is 368 g/mol. The van der Waals surface area contributed by atoms with E-state index in [1.807, 2.05) is 25.1 Å². The number of carbonyl (C=O) groups excluding carboxylic acids is 2. The minimum Gasteiger partial charge on any atom is -0.483 e. The van der Waals surface area contributed by atoms with E-state index >= 15 is 0 Å². The quantitative estimate of drug-likeness (QED) is 0.810. The first kappa shape index (κ1) is 21.0. The van der Waals surface area contributed by atoms with Crippen LogP contribution in [0, 0.1) is 5.92 Å². The Morgan fingerprint density at radius 2 is 2.00 bits per heavy atom. The van der Waals surface area contributed by atoms with Crippen LogP contribution in [0.25, 0.3) is 0 Å². The molecule has 25 heavy (non-hydrogen) atoms. The molecule has 1 aromatic carbocycles. The number of benzene rings is 1. The molecule has 0 aromatic heterocycles. The summed E-state index contributed by atoms with van der Waals surface area (Å²) in [5.41, 5.74) is 0.951. The first-order valence-corrected chi connectivity index (χ1v) is 8.62. The number of carboxylic acid groups (broad SMARTS) is 1. The van der Waals surface area contributed by atoms with Crippen LogP contribution in [-0.4, -0.2) is 52.3 Å². The van der Waals surface area contributed by atoms with E-state index in [0.717, 1.165) is 5.56 Å². The molecular formula is C18H25ClN2O4. The summed E-state index contributed by atoms with van der Waals surface area (Å²) in [4.78, 5) is 36.8. The number of nitrogens with zero attached hydrogens (tertiary/aromatic N) is 2. The number of likely N-dealkylation sites (N-methyl/N-ethyl adjacent to an activating group) is 1. The molecule has 1 aromatic rings. The zero-order valence-corrected chi connectivity index (χ0v) is 15.6. The number of halogens is 1. The molecule has 0 aliphatic carbocycles.